The Labute approximate surface area is 94.8 Å². The highest BCUT2D eigenvalue weighted by Gasteiger charge is 2.11. The van der Waals surface area contributed by atoms with Crippen LogP contribution in [0.1, 0.15) is 12.5 Å². The number of nitrogens with two attached hydrogens (primary N) is 1. The van der Waals surface area contributed by atoms with Crippen LogP contribution in [0.15, 0.2) is 48.7 Å². The number of hydrogen-bond donors (Lipinski definition) is 3. The van der Waals surface area contributed by atoms with Gasteiger partial charge in [0.05, 0.1) is 0 Å². The summed E-state index contributed by atoms with van der Waals surface area (Å²) in [6.45, 7) is 5.36. The summed E-state index contributed by atoms with van der Waals surface area (Å²) in [5.41, 5.74) is 7.46. The molecule has 3 heteroatoms. The van der Waals surface area contributed by atoms with E-state index >= 15 is 0 Å². The van der Waals surface area contributed by atoms with E-state index in [0.29, 0.717) is 16.8 Å². The molecule has 1 aromatic carbocycles. The van der Waals surface area contributed by atoms with Crippen molar-refractivity contribution in [2.24, 2.45) is 5.73 Å². The minimum atomic E-state index is -0.170. The Hall–Kier alpha value is -2.16. The minimum absolute atomic E-state index is 0.164. The van der Waals surface area contributed by atoms with Crippen molar-refractivity contribution in [3.05, 3.63) is 54.3 Å². The van der Waals surface area contributed by atoms with E-state index in [2.05, 4.69) is 6.58 Å². The van der Waals surface area contributed by atoms with Crippen molar-refractivity contribution < 1.29 is 10.2 Å². The van der Waals surface area contributed by atoms with Gasteiger partial charge in [0.15, 0.2) is 11.5 Å². The molecule has 0 aliphatic heterocycles. The summed E-state index contributed by atoms with van der Waals surface area (Å²) in [7, 11) is 0. The number of allylic oxidation sites excluding steroid dienone is 4. The zero-order chi connectivity index (χ0) is 12.1. The Morgan fingerprint density at radius 1 is 1.38 bits per heavy atom. The maximum absolute atomic E-state index is 9.72. The number of aromatic hydroxyl groups is 2. The number of hydrogen-bond acceptors (Lipinski definition) is 3. The van der Waals surface area contributed by atoms with Crippen LogP contribution in [0.2, 0.25) is 0 Å². The van der Waals surface area contributed by atoms with Gasteiger partial charge >= 0.3 is 0 Å². The van der Waals surface area contributed by atoms with Crippen molar-refractivity contribution in [1.82, 2.24) is 0 Å². The molecule has 0 radical (unpaired) electrons. The molecule has 0 saturated carbocycles. The molecule has 0 aliphatic rings. The Bertz CT molecular complexity index is 459. The van der Waals surface area contributed by atoms with Gasteiger partial charge in [0.25, 0.3) is 0 Å². The highest BCUT2D eigenvalue weighted by Crippen LogP contribution is 2.34. The van der Waals surface area contributed by atoms with Crippen LogP contribution < -0.4 is 5.73 Å². The molecule has 4 N–H and O–H groups in total. The monoisotopic (exact) mass is 217 g/mol. The van der Waals surface area contributed by atoms with Crippen molar-refractivity contribution in [3.63, 3.8) is 0 Å². The van der Waals surface area contributed by atoms with Crippen LogP contribution in [0.5, 0.6) is 11.5 Å². The van der Waals surface area contributed by atoms with Crippen LogP contribution in [0.25, 0.3) is 5.57 Å². The fourth-order valence-electron chi connectivity index (χ4n) is 1.44. The number of phenols is 2. The van der Waals surface area contributed by atoms with Gasteiger partial charge in [-0.15, -0.1) is 0 Å². The molecule has 0 amide bonds. The predicted octanol–water partition coefficient (Wildman–Crippen LogP) is 2.53. The van der Waals surface area contributed by atoms with Gasteiger partial charge in [-0.05, 0) is 19.1 Å². The van der Waals surface area contributed by atoms with Crippen molar-refractivity contribution >= 4 is 5.57 Å². The second kappa shape index (κ2) is 5.07. The molecule has 0 fully saturated rings. The molecule has 0 atom stereocenters. The van der Waals surface area contributed by atoms with Crippen LogP contribution in [-0.4, -0.2) is 10.2 Å². The summed E-state index contributed by atoms with van der Waals surface area (Å²) in [5.74, 6) is -0.334. The van der Waals surface area contributed by atoms with Gasteiger partial charge in [-0.1, -0.05) is 30.9 Å². The molecule has 0 saturated heterocycles. The van der Waals surface area contributed by atoms with Gasteiger partial charge in [0.2, 0.25) is 0 Å². The lowest BCUT2D eigenvalue weighted by atomic mass is 10.0. The first kappa shape index (κ1) is 11.9. The van der Waals surface area contributed by atoms with Crippen molar-refractivity contribution in [2.45, 2.75) is 6.92 Å². The van der Waals surface area contributed by atoms with E-state index in [1.54, 1.807) is 30.4 Å². The lowest BCUT2D eigenvalue weighted by molar-refractivity contribution is 0.402. The molecule has 0 heterocycles. The maximum Gasteiger partial charge on any atom is 0.165 e. The molecule has 84 valence electrons. The fourth-order valence-corrected chi connectivity index (χ4v) is 1.44. The zero-order valence-electron chi connectivity index (χ0n) is 9.14. The Morgan fingerprint density at radius 2 is 2.06 bits per heavy atom. The van der Waals surface area contributed by atoms with Crippen LogP contribution in [0.4, 0.5) is 0 Å². The quantitative estimate of drug-likeness (QED) is 0.538. The van der Waals surface area contributed by atoms with E-state index in [-0.39, 0.29) is 11.5 Å². The molecular weight excluding hydrogens is 202 g/mol. The van der Waals surface area contributed by atoms with E-state index in [0.717, 1.165) is 0 Å². The summed E-state index contributed by atoms with van der Waals surface area (Å²) in [4.78, 5) is 0. The average molecular weight is 217 g/mol. The summed E-state index contributed by atoms with van der Waals surface area (Å²) < 4.78 is 0. The van der Waals surface area contributed by atoms with E-state index in [9.17, 15) is 10.2 Å². The normalized spacial score (nSPS) is 12.6. The van der Waals surface area contributed by atoms with Crippen molar-refractivity contribution in [3.8, 4) is 11.5 Å². The predicted molar refractivity (Wildman–Crippen MR) is 65.9 cm³/mol. The Kier molecular flexibility index (Phi) is 3.78. The lowest BCUT2D eigenvalue weighted by Gasteiger charge is -2.10. The van der Waals surface area contributed by atoms with Crippen LogP contribution >= 0.6 is 0 Å². The molecule has 0 aromatic heterocycles. The first-order valence-corrected chi connectivity index (χ1v) is 4.88. The van der Waals surface area contributed by atoms with E-state index in [4.69, 9.17) is 5.73 Å². The second-order valence-corrected chi connectivity index (χ2v) is 3.23. The first-order chi connectivity index (χ1) is 7.61. The van der Waals surface area contributed by atoms with Crippen LogP contribution in [0, 0.1) is 0 Å². The maximum atomic E-state index is 9.72. The summed E-state index contributed by atoms with van der Waals surface area (Å²) in [5, 5.41) is 19.1. The molecule has 1 rings (SSSR count). The SMILES string of the molecule is C=C/C=C(N)\C(=C/C)c1cccc(O)c1O. The van der Waals surface area contributed by atoms with E-state index < -0.39 is 0 Å². The molecule has 0 bridgehead atoms. The smallest absolute Gasteiger partial charge is 0.165 e. The summed E-state index contributed by atoms with van der Waals surface area (Å²) in [6.07, 6.45) is 4.97. The molecule has 0 spiro atoms. The number of para-hydroxylation sites is 1. The molecule has 0 aliphatic carbocycles. The Balaban J connectivity index is 3.31. The highest BCUT2D eigenvalue weighted by molar-refractivity contribution is 5.82. The molecular formula is C13H15NO2. The minimum Gasteiger partial charge on any atom is -0.504 e. The van der Waals surface area contributed by atoms with Gasteiger partial charge in [0.1, 0.15) is 0 Å². The Morgan fingerprint density at radius 3 is 2.62 bits per heavy atom. The van der Waals surface area contributed by atoms with E-state index in [1.165, 1.54) is 6.07 Å². The summed E-state index contributed by atoms with van der Waals surface area (Å²) >= 11 is 0. The first-order valence-electron chi connectivity index (χ1n) is 4.88. The highest BCUT2D eigenvalue weighted by atomic mass is 16.3. The van der Waals surface area contributed by atoms with Gasteiger partial charge in [-0.25, -0.2) is 0 Å². The zero-order valence-corrected chi connectivity index (χ0v) is 9.14. The topological polar surface area (TPSA) is 66.5 Å². The van der Waals surface area contributed by atoms with Gasteiger partial charge in [0, 0.05) is 16.8 Å². The fraction of sp³-hybridized carbons (Fsp3) is 0.0769. The molecule has 0 unspecified atom stereocenters. The van der Waals surface area contributed by atoms with E-state index in [1.807, 2.05) is 6.92 Å². The summed E-state index contributed by atoms with van der Waals surface area (Å²) in [6, 6.07) is 4.75. The van der Waals surface area contributed by atoms with Gasteiger partial charge < -0.3 is 15.9 Å². The number of phenolic OH excluding ortho intramolecular Hbond substituents is 2. The number of benzene rings is 1. The van der Waals surface area contributed by atoms with Crippen LogP contribution in [0.3, 0.4) is 0 Å². The third-order valence-electron chi connectivity index (χ3n) is 2.20. The lowest BCUT2D eigenvalue weighted by Crippen LogP contribution is -2.00. The molecule has 16 heavy (non-hydrogen) atoms. The van der Waals surface area contributed by atoms with Gasteiger partial charge in [-0.2, -0.15) is 0 Å². The van der Waals surface area contributed by atoms with Gasteiger partial charge in [-0.3, -0.25) is 0 Å². The third-order valence-corrected chi connectivity index (χ3v) is 2.20. The second-order valence-electron chi connectivity index (χ2n) is 3.23. The number of rotatable bonds is 3. The van der Waals surface area contributed by atoms with Crippen molar-refractivity contribution in [2.75, 3.05) is 0 Å². The third kappa shape index (κ3) is 2.25. The largest absolute Gasteiger partial charge is 0.504 e. The van der Waals surface area contributed by atoms with Crippen molar-refractivity contribution in [1.29, 1.82) is 0 Å². The van der Waals surface area contributed by atoms with Crippen LogP contribution in [-0.2, 0) is 0 Å². The molecule has 3 nitrogen and oxygen atoms in total. The molecule has 1 aromatic rings. The average Bonchev–Trinajstić information content (AvgIpc) is 2.25. The standard InChI is InChI=1S/C13H15NO2/c1-3-6-11(14)9(4-2)10-7-5-8-12(15)13(10)16/h3-8,15-16H,1,14H2,2H3/b9-4-,11-6+.